The van der Waals surface area contributed by atoms with Gasteiger partial charge in [0.25, 0.3) is 5.91 Å². The summed E-state index contributed by atoms with van der Waals surface area (Å²) < 4.78 is 0.855. The molecule has 2 aromatic carbocycles. The molecular weight excluding hydrogens is 298 g/mol. The van der Waals surface area contributed by atoms with E-state index in [1.807, 2.05) is 6.07 Å². The van der Waals surface area contributed by atoms with E-state index in [1.54, 1.807) is 18.2 Å². The van der Waals surface area contributed by atoms with Gasteiger partial charge in [0.15, 0.2) is 11.5 Å². The first-order valence-electron chi connectivity index (χ1n) is 5.15. The fourth-order valence-electron chi connectivity index (χ4n) is 1.43. The standard InChI is InChI=1S/C13H10BrNO3/c14-9-2-1-3-10(7-9)15-13(18)8-4-5-11(16)12(17)6-8/h1-7,16-17H,(H,15,18). The number of anilines is 1. The summed E-state index contributed by atoms with van der Waals surface area (Å²) in [5.41, 5.74) is 0.909. The summed E-state index contributed by atoms with van der Waals surface area (Å²) in [5.74, 6) is -0.936. The molecule has 2 aromatic rings. The largest absolute Gasteiger partial charge is 0.504 e. The normalized spacial score (nSPS) is 10.1. The van der Waals surface area contributed by atoms with E-state index in [2.05, 4.69) is 21.2 Å². The van der Waals surface area contributed by atoms with Gasteiger partial charge >= 0.3 is 0 Å². The van der Waals surface area contributed by atoms with Gasteiger partial charge in [-0.05, 0) is 36.4 Å². The number of halogens is 1. The summed E-state index contributed by atoms with van der Waals surface area (Å²) in [6.07, 6.45) is 0. The molecule has 0 radical (unpaired) electrons. The molecule has 0 aliphatic rings. The van der Waals surface area contributed by atoms with Crippen LogP contribution in [-0.2, 0) is 0 Å². The van der Waals surface area contributed by atoms with Gasteiger partial charge in [0, 0.05) is 15.7 Å². The smallest absolute Gasteiger partial charge is 0.255 e. The fourth-order valence-corrected chi connectivity index (χ4v) is 1.83. The van der Waals surface area contributed by atoms with Crippen LogP contribution in [0, 0.1) is 0 Å². The third-order valence-electron chi connectivity index (χ3n) is 2.32. The first-order valence-corrected chi connectivity index (χ1v) is 5.94. The lowest BCUT2D eigenvalue weighted by atomic mass is 10.2. The number of amides is 1. The van der Waals surface area contributed by atoms with Crippen molar-refractivity contribution in [2.45, 2.75) is 0 Å². The highest BCUT2D eigenvalue weighted by Crippen LogP contribution is 2.25. The summed E-state index contributed by atoms with van der Waals surface area (Å²) in [7, 11) is 0. The Labute approximate surface area is 112 Å². The van der Waals surface area contributed by atoms with Gasteiger partial charge in [-0.2, -0.15) is 0 Å². The zero-order valence-corrected chi connectivity index (χ0v) is 10.8. The zero-order valence-electron chi connectivity index (χ0n) is 9.22. The van der Waals surface area contributed by atoms with Crippen molar-refractivity contribution in [3.8, 4) is 11.5 Å². The molecule has 18 heavy (non-hydrogen) atoms. The highest BCUT2D eigenvalue weighted by molar-refractivity contribution is 9.10. The average Bonchev–Trinajstić information content (AvgIpc) is 2.32. The second-order valence-corrected chi connectivity index (χ2v) is 4.58. The average molecular weight is 308 g/mol. The Morgan fingerprint density at radius 3 is 2.50 bits per heavy atom. The molecule has 0 bridgehead atoms. The number of aromatic hydroxyl groups is 2. The van der Waals surface area contributed by atoms with Crippen LogP contribution in [0.1, 0.15) is 10.4 Å². The van der Waals surface area contributed by atoms with Crippen molar-refractivity contribution in [1.29, 1.82) is 0 Å². The third kappa shape index (κ3) is 2.81. The molecule has 2 rings (SSSR count). The molecule has 0 unspecified atom stereocenters. The SMILES string of the molecule is O=C(Nc1cccc(Br)c1)c1ccc(O)c(O)c1. The number of rotatable bonds is 2. The Morgan fingerprint density at radius 2 is 1.83 bits per heavy atom. The number of nitrogens with one attached hydrogen (secondary N) is 1. The predicted octanol–water partition coefficient (Wildman–Crippen LogP) is 3.11. The lowest BCUT2D eigenvalue weighted by Crippen LogP contribution is -2.11. The molecule has 0 atom stereocenters. The van der Waals surface area contributed by atoms with E-state index in [9.17, 15) is 9.90 Å². The van der Waals surface area contributed by atoms with Crippen molar-refractivity contribution >= 4 is 27.5 Å². The Kier molecular flexibility index (Phi) is 3.53. The molecule has 92 valence electrons. The number of phenols is 2. The van der Waals surface area contributed by atoms with Gasteiger partial charge in [-0.3, -0.25) is 4.79 Å². The van der Waals surface area contributed by atoms with Crippen molar-refractivity contribution in [2.24, 2.45) is 0 Å². The van der Waals surface area contributed by atoms with Gasteiger partial charge in [-0.25, -0.2) is 0 Å². The van der Waals surface area contributed by atoms with E-state index in [0.29, 0.717) is 5.69 Å². The van der Waals surface area contributed by atoms with Crippen LogP contribution >= 0.6 is 15.9 Å². The van der Waals surface area contributed by atoms with E-state index < -0.39 is 0 Å². The Bertz CT molecular complexity index is 599. The maximum Gasteiger partial charge on any atom is 0.255 e. The minimum absolute atomic E-state index is 0.256. The fraction of sp³-hybridized carbons (Fsp3) is 0. The van der Waals surface area contributed by atoms with E-state index in [0.717, 1.165) is 4.47 Å². The summed E-state index contributed by atoms with van der Waals surface area (Å²) in [4.78, 5) is 11.9. The van der Waals surface area contributed by atoms with Crippen molar-refractivity contribution in [2.75, 3.05) is 5.32 Å². The molecule has 1 amide bonds. The molecule has 0 aromatic heterocycles. The van der Waals surface area contributed by atoms with Crippen molar-refractivity contribution in [3.63, 3.8) is 0 Å². The maximum atomic E-state index is 11.9. The monoisotopic (exact) mass is 307 g/mol. The molecule has 0 aliphatic heterocycles. The van der Waals surface area contributed by atoms with Gasteiger partial charge in [-0.15, -0.1) is 0 Å². The van der Waals surface area contributed by atoms with Crippen molar-refractivity contribution in [1.82, 2.24) is 0 Å². The molecule has 0 fully saturated rings. The Balaban J connectivity index is 2.19. The van der Waals surface area contributed by atoms with Crippen LogP contribution in [0.4, 0.5) is 5.69 Å². The van der Waals surface area contributed by atoms with Gasteiger partial charge in [0.1, 0.15) is 0 Å². The summed E-state index contributed by atoms with van der Waals surface area (Å²) in [5, 5.41) is 21.2. The zero-order chi connectivity index (χ0) is 13.1. The quantitative estimate of drug-likeness (QED) is 0.747. The summed E-state index contributed by atoms with van der Waals surface area (Å²) in [6.45, 7) is 0. The minimum atomic E-state index is -0.358. The number of carbonyl (C=O) groups is 1. The molecule has 0 aliphatic carbocycles. The maximum absolute atomic E-state index is 11.9. The van der Waals surface area contributed by atoms with Gasteiger partial charge in [0.2, 0.25) is 0 Å². The Morgan fingerprint density at radius 1 is 1.06 bits per heavy atom. The van der Waals surface area contributed by atoms with E-state index in [4.69, 9.17) is 5.11 Å². The van der Waals surface area contributed by atoms with Crippen LogP contribution in [-0.4, -0.2) is 16.1 Å². The minimum Gasteiger partial charge on any atom is -0.504 e. The molecule has 0 saturated heterocycles. The lowest BCUT2D eigenvalue weighted by Gasteiger charge is -2.06. The van der Waals surface area contributed by atoms with E-state index in [1.165, 1.54) is 18.2 Å². The van der Waals surface area contributed by atoms with Crippen LogP contribution in [0.2, 0.25) is 0 Å². The molecule has 0 heterocycles. The third-order valence-corrected chi connectivity index (χ3v) is 2.81. The highest BCUT2D eigenvalue weighted by Gasteiger charge is 2.09. The van der Waals surface area contributed by atoms with Crippen LogP contribution in [0.25, 0.3) is 0 Å². The summed E-state index contributed by atoms with van der Waals surface area (Å²) in [6, 6.07) is 11.1. The molecule has 4 nitrogen and oxygen atoms in total. The first kappa shape index (κ1) is 12.4. The number of hydrogen-bond acceptors (Lipinski definition) is 3. The summed E-state index contributed by atoms with van der Waals surface area (Å²) >= 11 is 3.31. The topological polar surface area (TPSA) is 69.6 Å². The van der Waals surface area contributed by atoms with Crippen molar-refractivity contribution < 1.29 is 15.0 Å². The molecule has 0 spiro atoms. The number of carbonyl (C=O) groups excluding carboxylic acids is 1. The van der Waals surface area contributed by atoms with Gasteiger partial charge < -0.3 is 15.5 Å². The lowest BCUT2D eigenvalue weighted by molar-refractivity contribution is 0.102. The second kappa shape index (κ2) is 5.10. The second-order valence-electron chi connectivity index (χ2n) is 3.67. The van der Waals surface area contributed by atoms with Crippen LogP contribution in [0.15, 0.2) is 46.9 Å². The predicted molar refractivity (Wildman–Crippen MR) is 71.9 cm³/mol. The highest BCUT2D eigenvalue weighted by atomic mass is 79.9. The number of hydrogen-bond donors (Lipinski definition) is 3. The van der Waals surface area contributed by atoms with Gasteiger partial charge in [0.05, 0.1) is 0 Å². The Hall–Kier alpha value is -2.01. The molecular formula is C13H10BrNO3. The van der Waals surface area contributed by atoms with Gasteiger partial charge in [-0.1, -0.05) is 22.0 Å². The number of benzene rings is 2. The first-order chi connectivity index (χ1) is 8.56. The van der Waals surface area contributed by atoms with Crippen LogP contribution in [0.5, 0.6) is 11.5 Å². The molecule has 5 heteroatoms. The van der Waals surface area contributed by atoms with E-state index in [-0.39, 0.29) is 23.0 Å². The molecule has 3 N–H and O–H groups in total. The van der Waals surface area contributed by atoms with Crippen molar-refractivity contribution in [3.05, 3.63) is 52.5 Å². The number of phenolic OH excluding ortho intramolecular Hbond substituents is 2. The van der Waals surface area contributed by atoms with E-state index >= 15 is 0 Å². The molecule has 0 saturated carbocycles. The van der Waals surface area contributed by atoms with Crippen LogP contribution < -0.4 is 5.32 Å². The van der Waals surface area contributed by atoms with Crippen LogP contribution in [0.3, 0.4) is 0 Å².